The number of rotatable bonds is 8. The molecule has 3 rings (SSSR count). The van der Waals surface area contributed by atoms with E-state index in [0.29, 0.717) is 14.9 Å². The second kappa shape index (κ2) is 9.12. The topological polar surface area (TPSA) is 178 Å². The zero-order chi connectivity index (χ0) is 22.0. The van der Waals surface area contributed by atoms with Crippen LogP contribution in [0.5, 0.6) is 0 Å². The van der Waals surface area contributed by atoms with Gasteiger partial charge in [0.15, 0.2) is 0 Å². The van der Waals surface area contributed by atoms with Crippen molar-refractivity contribution in [2.75, 3.05) is 12.3 Å². The molecular formula is C15H17N7O5S3. The third kappa shape index (κ3) is 4.33. The van der Waals surface area contributed by atoms with E-state index in [-0.39, 0.29) is 24.4 Å². The van der Waals surface area contributed by atoms with E-state index in [0.717, 1.165) is 4.90 Å². The molecule has 1 aromatic rings. The number of carbonyl (C=O) groups excluding carboxylic acids is 2. The van der Waals surface area contributed by atoms with Crippen molar-refractivity contribution in [3.05, 3.63) is 26.7 Å². The predicted octanol–water partition coefficient (Wildman–Crippen LogP) is 0.782. The number of carboxylic acids is 1. The van der Waals surface area contributed by atoms with E-state index in [9.17, 15) is 23.7 Å². The van der Waals surface area contributed by atoms with Crippen molar-refractivity contribution in [2.24, 2.45) is 5.11 Å². The Bertz CT molecular complexity index is 1000. The summed E-state index contributed by atoms with van der Waals surface area (Å²) in [6.07, 6.45) is -0.0871. The van der Waals surface area contributed by atoms with Crippen LogP contribution in [0.1, 0.15) is 18.4 Å². The Hall–Kier alpha value is -2.48. The molecule has 2 amide bonds. The summed E-state index contributed by atoms with van der Waals surface area (Å²) in [7, 11) is -1.50. The van der Waals surface area contributed by atoms with Crippen molar-refractivity contribution >= 4 is 51.7 Å². The van der Waals surface area contributed by atoms with E-state index < -0.39 is 45.2 Å². The van der Waals surface area contributed by atoms with Crippen LogP contribution < -0.4 is 5.32 Å². The lowest BCUT2D eigenvalue weighted by molar-refractivity contribution is -0.150. The van der Waals surface area contributed by atoms with Crippen LogP contribution in [0.4, 0.5) is 0 Å². The number of hydrogen-bond donors (Lipinski definition) is 2. The Morgan fingerprint density at radius 1 is 1.50 bits per heavy atom. The normalized spacial score (nSPS) is 22.5. The number of azide groups is 1. The number of hydrogen-bond acceptors (Lipinski definition) is 9. The second-order valence-corrected chi connectivity index (χ2v) is 10.8. The summed E-state index contributed by atoms with van der Waals surface area (Å²) in [5, 5.41) is 22.7. The monoisotopic (exact) mass is 471 g/mol. The van der Waals surface area contributed by atoms with Gasteiger partial charge in [0.2, 0.25) is 10.2 Å². The van der Waals surface area contributed by atoms with E-state index in [1.807, 2.05) is 0 Å². The molecule has 0 spiro atoms. The smallest absolute Gasteiger partial charge is 0.352 e. The van der Waals surface area contributed by atoms with Crippen molar-refractivity contribution in [2.45, 2.75) is 41.3 Å². The van der Waals surface area contributed by atoms with Gasteiger partial charge >= 0.3 is 5.97 Å². The van der Waals surface area contributed by atoms with Crippen LogP contribution in [0.3, 0.4) is 0 Å². The largest absolute Gasteiger partial charge is 0.477 e. The van der Waals surface area contributed by atoms with Crippen molar-refractivity contribution < 1.29 is 23.7 Å². The molecule has 0 aromatic carbocycles. The number of aromatic nitrogens is 2. The van der Waals surface area contributed by atoms with Gasteiger partial charge in [-0.3, -0.25) is 18.7 Å². The predicted molar refractivity (Wildman–Crippen MR) is 109 cm³/mol. The SMILES string of the molecule is Cc1nnc(S(=O)C(C)CC(=O)NC2C(=O)N3C(C(=O)O)=C(CN=[N+]=[N-])CS[C@H]23)s1. The van der Waals surface area contributed by atoms with Crippen LogP contribution >= 0.6 is 23.1 Å². The Morgan fingerprint density at radius 3 is 2.83 bits per heavy atom. The molecule has 0 bridgehead atoms. The zero-order valence-corrected chi connectivity index (χ0v) is 18.3. The van der Waals surface area contributed by atoms with Crippen LogP contribution in [-0.2, 0) is 25.2 Å². The third-order valence-corrected chi connectivity index (χ3v) is 8.45. The summed E-state index contributed by atoms with van der Waals surface area (Å²) in [5.74, 6) is -2.04. The van der Waals surface area contributed by atoms with Gasteiger partial charge in [-0.15, -0.1) is 22.0 Å². The molecule has 2 N–H and O–H groups in total. The van der Waals surface area contributed by atoms with Crippen LogP contribution in [0.2, 0.25) is 0 Å². The van der Waals surface area contributed by atoms with Crippen LogP contribution in [0.25, 0.3) is 10.4 Å². The molecule has 1 saturated heterocycles. The number of nitrogens with one attached hydrogen (secondary N) is 1. The highest BCUT2D eigenvalue weighted by molar-refractivity contribution is 8.00. The number of carboxylic acid groups (broad SMARTS) is 1. The lowest BCUT2D eigenvalue weighted by Crippen LogP contribution is -2.70. The Morgan fingerprint density at radius 2 is 2.23 bits per heavy atom. The van der Waals surface area contributed by atoms with E-state index >= 15 is 0 Å². The molecule has 0 saturated carbocycles. The second-order valence-electron chi connectivity index (χ2n) is 6.50. The highest BCUT2D eigenvalue weighted by Gasteiger charge is 2.54. The number of amides is 2. The number of thioether (sulfide) groups is 1. The first-order valence-electron chi connectivity index (χ1n) is 8.65. The van der Waals surface area contributed by atoms with E-state index in [1.54, 1.807) is 13.8 Å². The molecule has 0 aliphatic carbocycles. The Labute approximate surface area is 181 Å². The molecule has 0 radical (unpaired) electrons. The van der Waals surface area contributed by atoms with Crippen LogP contribution in [0, 0.1) is 6.92 Å². The molecule has 30 heavy (non-hydrogen) atoms. The summed E-state index contributed by atoms with van der Waals surface area (Å²) in [6.45, 7) is 3.24. The molecule has 15 heteroatoms. The molecule has 2 aliphatic heterocycles. The molecule has 3 heterocycles. The average Bonchev–Trinajstić information content (AvgIpc) is 3.15. The highest BCUT2D eigenvalue weighted by atomic mass is 32.2. The molecule has 3 unspecified atom stereocenters. The molecule has 4 atom stereocenters. The number of nitrogens with zero attached hydrogens (tertiary/aromatic N) is 6. The molecule has 1 aromatic heterocycles. The van der Waals surface area contributed by atoms with Crippen LogP contribution in [0.15, 0.2) is 20.7 Å². The number of aryl methyl sites for hydroxylation is 1. The van der Waals surface area contributed by atoms with Gasteiger partial charge in [0.05, 0.1) is 17.3 Å². The van der Waals surface area contributed by atoms with Crippen molar-refractivity contribution in [3.63, 3.8) is 0 Å². The number of fused-ring (bicyclic) bond motifs is 1. The van der Waals surface area contributed by atoms with Gasteiger partial charge in [0.1, 0.15) is 22.1 Å². The molecule has 1 fully saturated rings. The lowest BCUT2D eigenvalue weighted by Gasteiger charge is -2.49. The van der Waals surface area contributed by atoms with Gasteiger partial charge in [0.25, 0.3) is 5.91 Å². The first-order valence-corrected chi connectivity index (χ1v) is 11.7. The summed E-state index contributed by atoms with van der Waals surface area (Å²) in [6, 6.07) is -0.873. The molecule has 2 aliphatic rings. The third-order valence-electron chi connectivity index (χ3n) is 4.41. The summed E-state index contributed by atoms with van der Waals surface area (Å²) >= 11 is 2.48. The van der Waals surface area contributed by atoms with Crippen molar-refractivity contribution in [1.82, 2.24) is 20.4 Å². The minimum Gasteiger partial charge on any atom is -0.477 e. The van der Waals surface area contributed by atoms with Gasteiger partial charge < -0.3 is 10.4 Å². The average molecular weight is 472 g/mol. The minimum atomic E-state index is -1.50. The maximum absolute atomic E-state index is 12.5. The fraction of sp³-hybridized carbons (Fsp3) is 0.533. The maximum atomic E-state index is 12.5. The van der Waals surface area contributed by atoms with Crippen molar-refractivity contribution in [1.29, 1.82) is 0 Å². The molecular weight excluding hydrogens is 454 g/mol. The van der Waals surface area contributed by atoms with Gasteiger partial charge in [-0.25, -0.2) is 4.79 Å². The first-order chi connectivity index (χ1) is 14.2. The van der Waals surface area contributed by atoms with Crippen LogP contribution in [-0.4, -0.2) is 71.2 Å². The van der Waals surface area contributed by atoms with Gasteiger partial charge in [-0.1, -0.05) is 16.5 Å². The standard InChI is InChI=1S/C15H17N7O5S3/c1-6(30(27)15-20-19-7(2)29-15)3-9(23)18-10-12(24)22-11(14(25)26)8(4-17-21-16)5-28-13(10)22/h6,10,13H,3-5H2,1-2H3,(H,18,23)(H,25,26)/t6?,10?,13-,30?/m1/s1. The lowest BCUT2D eigenvalue weighted by atomic mass is 10.0. The van der Waals surface area contributed by atoms with Gasteiger partial charge in [0, 0.05) is 22.3 Å². The maximum Gasteiger partial charge on any atom is 0.352 e. The Balaban J connectivity index is 1.64. The number of β-lactam (4-membered cyclic amide) rings is 1. The zero-order valence-electron chi connectivity index (χ0n) is 15.8. The van der Waals surface area contributed by atoms with Gasteiger partial charge in [-0.05, 0) is 25.0 Å². The summed E-state index contributed by atoms with van der Waals surface area (Å²) in [5.41, 5.74) is 8.59. The number of carbonyl (C=O) groups is 3. The molecule has 12 nitrogen and oxygen atoms in total. The molecule has 160 valence electrons. The fourth-order valence-corrected chi connectivity index (χ4v) is 6.73. The van der Waals surface area contributed by atoms with Gasteiger partial charge in [-0.2, -0.15) is 0 Å². The van der Waals surface area contributed by atoms with E-state index in [1.165, 1.54) is 23.1 Å². The summed E-state index contributed by atoms with van der Waals surface area (Å²) in [4.78, 5) is 40.3. The van der Waals surface area contributed by atoms with Crippen molar-refractivity contribution in [3.8, 4) is 0 Å². The number of aliphatic carboxylic acids is 1. The minimum absolute atomic E-state index is 0.0871. The summed E-state index contributed by atoms with van der Waals surface area (Å²) < 4.78 is 12.8. The quantitative estimate of drug-likeness (QED) is 0.242. The Kier molecular flexibility index (Phi) is 6.75. The van der Waals surface area contributed by atoms with E-state index in [2.05, 4.69) is 25.5 Å². The first kappa shape index (κ1) is 22.2. The fourth-order valence-electron chi connectivity index (χ4n) is 3.02. The van der Waals surface area contributed by atoms with E-state index in [4.69, 9.17) is 5.53 Å². The highest BCUT2D eigenvalue weighted by Crippen LogP contribution is 2.40.